The van der Waals surface area contributed by atoms with Crippen molar-refractivity contribution in [1.29, 1.82) is 0 Å². The first-order valence-electron chi connectivity index (χ1n) is 3.66. The van der Waals surface area contributed by atoms with Crippen LogP contribution in [0.4, 0.5) is 0 Å². The summed E-state index contributed by atoms with van der Waals surface area (Å²) in [6.07, 6.45) is -0.995. The predicted molar refractivity (Wildman–Crippen MR) is 42.1 cm³/mol. The largest absolute Gasteiger partial charge is 0.387 e. The molecule has 0 radical (unpaired) electrons. The maximum atomic E-state index is 9.11. The van der Waals surface area contributed by atoms with Gasteiger partial charge in [0.2, 0.25) is 0 Å². The van der Waals surface area contributed by atoms with E-state index in [0.717, 1.165) is 11.4 Å². The summed E-state index contributed by atoms with van der Waals surface area (Å²) < 4.78 is 0. The number of nitrogens with one attached hydrogen (secondary N) is 1. The molecular weight excluding hydrogens is 142 g/mol. The maximum absolute atomic E-state index is 9.11. The van der Waals surface area contributed by atoms with Gasteiger partial charge in [0.05, 0.1) is 12.2 Å². The Morgan fingerprint density at radius 1 is 1.09 bits per heavy atom. The number of aromatic amines is 1. The van der Waals surface area contributed by atoms with E-state index in [4.69, 9.17) is 10.2 Å². The molecule has 1 aromatic rings. The Balaban J connectivity index is 2.82. The minimum atomic E-state index is -0.498. The predicted octanol–water partition coefficient (Wildman–Crippen LogP) is 1.12. The van der Waals surface area contributed by atoms with Crippen LogP contribution in [0, 0.1) is 0 Å². The summed E-state index contributed by atoms with van der Waals surface area (Å²) in [7, 11) is 0. The van der Waals surface area contributed by atoms with Crippen molar-refractivity contribution in [3.8, 4) is 0 Å². The highest BCUT2D eigenvalue weighted by Crippen LogP contribution is 2.15. The smallest absolute Gasteiger partial charge is 0.0909 e. The van der Waals surface area contributed by atoms with Crippen molar-refractivity contribution in [2.75, 3.05) is 0 Å². The van der Waals surface area contributed by atoms with Crippen LogP contribution in [0.25, 0.3) is 0 Å². The number of rotatable bonds is 2. The molecule has 0 saturated carbocycles. The van der Waals surface area contributed by atoms with Gasteiger partial charge in [-0.1, -0.05) is 0 Å². The van der Waals surface area contributed by atoms with E-state index in [-0.39, 0.29) is 0 Å². The summed E-state index contributed by atoms with van der Waals surface area (Å²) >= 11 is 0. The molecule has 11 heavy (non-hydrogen) atoms. The first-order chi connectivity index (χ1) is 5.11. The van der Waals surface area contributed by atoms with Crippen LogP contribution in [0.5, 0.6) is 0 Å². The fourth-order valence-corrected chi connectivity index (χ4v) is 0.917. The Morgan fingerprint density at radius 2 is 1.45 bits per heavy atom. The van der Waals surface area contributed by atoms with Crippen LogP contribution < -0.4 is 0 Å². The molecule has 0 aliphatic heterocycles. The minimum absolute atomic E-state index is 0.498. The third-order valence-corrected chi connectivity index (χ3v) is 1.63. The van der Waals surface area contributed by atoms with E-state index >= 15 is 0 Å². The Labute approximate surface area is 65.7 Å². The minimum Gasteiger partial charge on any atom is -0.387 e. The lowest BCUT2D eigenvalue weighted by Gasteiger charge is -2.01. The molecule has 1 heterocycles. The molecule has 3 heteroatoms. The summed E-state index contributed by atoms with van der Waals surface area (Å²) in [6.45, 7) is 3.36. The SMILES string of the molecule is CC(O)c1ccc(C(C)O)[nH]1. The van der Waals surface area contributed by atoms with Crippen LogP contribution in [-0.2, 0) is 0 Å². The molecule has 2 atom stereocenters. The molecule has 0 amide bonds. The lowest BCUT2D eigenvalue weighted by molar-refractivity contribution is 0.186. The molecule has 0 aliphatic carbocycles. The van der Waals surface area contributed by atoms with Gasteiger partial charge in [-0.05, 0) is 26.0 Å². The van der Waals surface area contributed by atoms with Gasteiger partial charge in [-0.2, -0.15) is 0 Å². The van der Waals surface area contributed by atoms with Crippen molar-refractivity contribution in [3.05, 3.63) is 23.5 Å². The monoisotopic (exact) mass is 155 g/mol. The standard InChI is InChI=1S/C8H13NO2/c1-5(10)7-3-4-8(9-7)6(2)11/h3-6,9-11H,1-2H3. The third-order valence-electron chi connectivity index (χ3n) is 1.63. The molecule has 0 fully saturated rings. The fraction of sp³-hybridized carbons (Fsp3) is 0.500. The lowest BCUT2D eigenvalue weighted by Crippen LogP contribution is -1.94. The molecule has 0 saturated heterocycles. The van der Waals surface area contributed by atoms with Gasteiger partial charge in [0.1, 0.15) is 0 Å². The molecule has 1 aromatic heterocycles. The van der Waals surface area contributed by atoms with Crippen LogP contribution in [0.3, 0.4) is 0 Å². The van der Waals surface area contributed by atoms with Crippen LogP contribution in [0.2, 0.25) is 0 Å². The number of H-pyrrole nitrogens is 1. The van der Waals surface area contributed by atoms with Crippen molar-refractivity contribution in [2.45, 2.75) is 26.1 Å². The van der Waals surface area contributed by atoms with Crippen molar-refractivity contribution >= 4 is 0 Å². The topological polar surface area (TPSA) is 56.2 Å². The Hall–Kier alpha value is -0.800. The molecule has 1 rings (SSSR count). The van der Waals surface area contributed by atoms with Crippen molar-refractivity contribution in [1.82, 2.24) is 4.98 Å². The van der Waals surface area contributed by atoms with E-state index in [1.165, 1.54) is 0 Å². The Bertz CT molecular complexity index is 205. The summed E-state index contributed by atoms with van der Waals surface area (Å²) in [5.74, 6) is 0. The molecule has 3 nitrogen and oxygen atoms in total. The number of aromatic nitrogens is 1. The van der Waals surface area contributed by atoms with Gasteiger partial charge in [-0.15, -0.1) is 0 Å². The average Bonchev–Trinajstić information content (AvgIpc) is 2.33. The van der Waals surface area contributed by atoms with Gasteiger partial charge in [0.15, 0.2) is 0 Å². The van der Waals surface area contributed by atoms with Gasteiger partial charge in [0, 0.05) is 11.4 Å². The lowest BCUT2D eigenvalue weighted by atomic mass is 10.3. The van der Waals surface area contributed by atoms with Crippen LogP contribution in [0.15, 0.2) is 12.1 Å². The number of aliphatic hydroxyl groups is 2. The summed E-state index contributed by atoms with van der Waals surface area (Å²) in [5.41, 5.74) is 1.47. The second-order valence-electron chi connectivity index (χ2n) is 2.72. The van der Waals surface area contributed by atoms with E-state index in [1.54, 1.807) is 26.0 Å². The second kappa shape index (κ2) is 3.07. The Morgan fingerprint density at radius 3 is 1.64 bits per heavy atom. The second-order valence-corrected chi connectivity index (χ2v) is 2.72. The van der Waals surface area contributed by atoms with Crippen molar-refractivity contribution < 1.29 is 10.2 Å². The summed E-state index contributed by atoms with van der Waals surface area (Å²) in [4.78, 5) is 2.91. The highest BCUT2D eigenvalue weighted by molar-refractivity contribution is 5.15. The zero-order valence-electron chi connectivity index (χ0n) is 6.70. The van der Waals surface area contributed by atoms with Crippen LogP contribution >= 0.6 is 0 Å². The molecule has 3 N–H and O–H groups in total. The molecular formula is C8H13NO2. The van der Waals surface area contributed by atoms with E-state index in [9.17, 15) is 0 Å². The number of aliphatic hydroxyl groups excluding tert-OH is 2. The first kappa shape index (κ1) is 8.30. The maximum Gasteiger partial charge on any atom is 0.0909 e. The van der Waals surface area contributed by atoms with E-state index in [0.29, 0.717) is 0 Å². The van der Waals surface area contributed by atoms with Crippen molar-refractivity contribution in [2.24, 2.45) is 0 Å². The number of hydrogen-bond acceptors (Lipinski definition) is 2. The summed E-state index contributed by atoms with van der Waals surface area (Å²) in [6, 6.07) is 3.54. The fourth-order valence-electron chi connectivity index (χ4n) is 0.917. The van der Waals surface area contributed by atoms with Gasteiger partial charge in [-0.3, -0.25) is 0 Å². The first-order valence-corrected chi connectivity index (χ1v) is 3.66. The quantitative estimate of drug-likeness (QED) is 0.599. The zero-order valence-corrected chi connectivity index (χ0v) is 6.70. The van der Waals surface area contributed by atoms with Crippen LogP contribution in [0.1, 0.15) is 37.4 Å². The average molecular weight is 155 g/mol. The van der Waals surface area contributed by atoms with E-state index in [2.05, 4.69) is 4.98 Å². The molecule has 0 aromatic carbocycles. The normalized spacial score (nSPS) is 16.4. The van der Waals surface area contributed by atoms with Crippen molar-refractivity contribution in [3.63, 3.8) is 0 Å². The van der Waals surface area contributed by atoms with Gasteiger partial charge in [-0.25, -0.2) is 0 Å². The highest BCUT2D eigenvalue weighted by Gasteiger charge is 2.06. The molecule has 62 valence electrons. The van der Waals surface area contributed by atoms with Gasteiger partial charge >= 0.3 is 0 Å². The third kappa shape index (κ3) is 1.82. The zero-order chi connectivity index (χ0) is 8.43. The van der Waals surface area contributed by atoms with Crippen LogP contribution in [-0.4, -0.2) is 15.2 Å². The highest BCUT2D eigenvalue weighted by atomic mass is 16.3. The molecule has 2 unspecified atom stereocenters. The van der Waals surface area contributed by atoms with Gasteiger partial charge in [0.25, 0.3) is 0 Å². The van der Waals surface area contributed by atoms with E-state index < -0.39 is 12.2 Å². The summed E-state index contributed by atoms with van der Waals surface area (Å²) in [5, 5.41) is 18.2. The molecule has 0 spiro atoms. The van der Waals surface area contributed by atoms with Gasteiger partial charge < -0.3 is 15.2 Å². The van der Waals surface area contributed by atoms with E-state index in [1.807, 2.05) is 0 Å². The Kier molecular flexibility index (Phi) is 2.31. The number of hydrogen-bond donors (Lipinski definition) is 3. The molecule has 0 bridgehead atoms. The molecule has 0 aliphatic rings.